The lowest BCUT2D eigenvalue weighted by molar-refractivity contribution is -0.897. The molecule has 2 fully saturated rings. The van der Waals surface area contributed by atoms with Gasteiger partial charge >= 0.3 is 5.91 Å². The molecule has 5 rings (SSSR count). The van der Waals surface area contributed by atoms with Crippen LogP contribution >= 0.6 is 34.8 Å². The van der Waals surface area contributed by atoms with Crippen molar-refractivity contribution in [3.8, 4) is 16.9 Å². The van der Waals surface area contributed by atoms with Crippen LogP contribution < -0.4 is 15.8 Å². The van der Waals surface area contributed by atoms with E-state index in [4.69, 9.17) is 40.5 Å². The third kappa shape index (κ3) is 6.83. The van der Waals surface area contributed by atoms with Gasteiger partial charge in [0, 0.05) is 59.5 Å². The van der Waals surface area contributed by atoms with Gasteiger partial charge in [-0.05, 0) is 80.6 Å². The van der Waals surface area contributed by atoms with E-state index in [1.807, 2.05) is 28.8 Å². The molecule has 9 nitrogen and oxygen atoms in total. The lowest BCUT2D eigenvalue weighted by atomic mass is 9.80. The Labute approximate surface area is 279 Å². The first-order valence-electron chi connectivity index (χ1n) is 15.2. The summed E-state index contributed by atoms with van der Waals surface area (Å²) in [4.78, 5) is 28.8. The average Bonchev–Trinajstić information content (AvgIpc) is 3.38. The molecule has 0 radical (unpaired) electrons. The van der Waals surface area contributed by atoms with Crippen molar-refractivity contribution in [2.75, 3.05) is 39.0 Å². The lowest BCUT2D eigenvalue weighted by Crippen LogP contribution is -2.75. The summed E-state index contributed by atoms with van der Waals surface area (Å²) in [5, 5.41) is 4.77. The van der Waals surface area contributed by atoms with Crippen LogP contribution in [0.4, 0.5) is 0 Å². The second-order valence-corrected chi connectivity index (χ2v) is 15.1. The number of hydrogen-bond donors (Lipinski definition) is 3. The van der Waals surface area contributed by atoms with E-state index in [0.29, 0.717) is 89.4 Å². The minimum absolute atomic E-state index is 0.0307. The van der Waals surface area contributed by atoms with Gasteiger partial charge in [0.05, 0.1) is 30.1 Å². The first kappa shape index (κ1) is 33.9. The van der Waals surface area contributed by atoms with Gasteiger partial charge in [0.2, 0.25) is 10.0 Å². The average molecular weight is 696 g/mol. The number of hydrogen-bond acceptors (Lipinski definition) is 5. The van der Waals surface area contributed by atoms with Crippen LogP contribution in [-0.2, 0) is 21.2 Å². The van der Waals surface area contributed by atoms with Crippen molar-refractivity contribution >= 4 is 56.6 Å². The fourth-order valence-corrected chi connectivity index (χ4v) is 8.26. The van der Waals surface area contributed by atoms with Crippen molar-refractivity contribution in [1.82, 2.24) is 14.6 Å². The Bertz CT molecular complexity index is 1680. The highest BCUT2D eigenvalue weighted by molar-refractivity contribution is 7.88. The monoisotopic (exact) mass is 694 g/mol. The number of aromatic nitrogens is 1. The Balaban J connectivity index is 1.75. The van der Waals surface area contributed by atoms with Gasteiger partial charge in [-0.3, -0.25) is 4.79 Å². The molecular weight excluding hydrogens is 657 g/mol. The molecule has 45 heavy (non-hydrogen) atoms. The van der Waals surface area contributed by atoms with Gasteiger partial charge in [0.1, 0.15) is 5.56 Å². The molecule has 3 heterocycles. The van der Waals surface area contributed by atoms with Gasteiger partial charge in [0.25, 0.3) is 5.91 Å². The zero-order valence-corrected chi connectivity index (χ0v) is 28.3. The molecule has 0 bridgehead atoms. The number of likely N-dealkylation sites (tertiary alicyclic amines) is 1. The SMILES string of the molecule is CS(=O)(=O)NCCCc1c(C(=O)[N+]2(C3(C(N)=O)CCNCC3)CCCCC2)cc(-c2ccc(Cl)cc2Cl)n1-c1ccc(Cl)cc1. The summed E-state index contributed by atoms with van der Waals surface area (Å²) >= 11 is 19.3. The maximum Gasteiger partial charge on any atom is 0.348 e. The van der Waals surface area contributed by atoms with Crippen molar-refractivity contribution < 1.29 is 22.5 Å². The summed E-state index contributed by atoms with van der Waals surface area (Å²) in [6.45, 7) is 2.40. The van der Waals surface area contributed by atoms with Gasteiger partial charge < -0.3 is 15.6 Å². The molecule has 2 saturated heterocycles. The Morgan fingerprint density at radius 1 is 0.978 bits per heavy atom. The summed E-state index contributed by atoms with van der Waals surface area (Å²) in [6, 6.07) is 14.4. The number of piperidine rings is 2. The molecule has 3 aromatic rings. The lowest BCUT2D eigenvalue weighted by Gasteiger charge is -2.52. The molecule has 2 amide bonds. The van der Waals surface area contributed by atoms with E-state index in [2.05, 4.69) is 10.0 Å². The van der Waals surface area contributed by atoms with Gasteiger partial charge in [-0.15, -0.1) is 0 Å². The van der Waals surface area contributed by atoms with Crippen LogP contribution in [0.25, 0.3) is 16.9 Å². The van der Waals surface area contributed by atoms with E-state index in [0.717, 1.165) is 31.2 Å². The van der Waals surface area contributed by atoms with Crippen LogP contribution in [0.3, 0.4) is 0 Å². The highest BCUT2D eigenvalue weighted by Gasteiger charge is 2.61. The number of nitrogens with two attached hydrogens (primary N) is 1. The molecule has 13 heteroatoms. The third-order valence-corrected chi connectivity index (χ3v) is 10.8. The molecular formula is C32H39Cl3N5O4S+. The number of carbonyl (C=O) groups is 2. The number of benzene rings is 2. The van der Waals surface area contributed by atoms with Crippen molar-refractivity contribution in [3.63, 3.8) is 0 Å². The van der Waals surface area contributed by atoms with Gasteiger partial charge in [0.15, 0.2) is 5.54 Å². The standard InChI is InChI=1S/C32H38Cl3N5O4S/c1-45(43,44)38-15-5-6-28-26(30(41)40(18-3-2-4-19-40)32(31(36)42)13-16-37-17-14-32)21-29(25-12-9-23(34)20-27(25)35)39(28)24-10-7-22(33)8-11-24/h7-12,20-21,37-38H,2-6,13-19H2,1H3,(H-,36,42)/p+1. The van der Waals surface area contributed by atoms with E-state index in [9.17, 15) is 13.2 Å². The molecule has 0 saturated carbocycles. The Morgan fingerprint density at radius 2 is 1.62 bits per heavy atom. The minimum atomic E-state index is -3.41. The fraction of sp³-hybridized carbons (Fsp3) is 0.438. The first-order valence-corrected chi connectivity index (χ1v) is 18.2. The number of nitrogens with zero attached hydrogens (tertiary/aromatic N) is 2. The summed E-state index contributed by atoms with van der Waals surface area (Å²) in [5.74, 6) is -0.600. The van der Waals surface area contributed by atoms with E-state index < -0.39 is 21.5 Å². The number of carbonyl (C=O) groups excluding carboxylic acids is 2. The smallest absolute Gasteiger partial charge is 0.348 e. The topological polar surface area (TPSA) is 123 Å². The molecule has 0 aliphatic carbocycles. The summed E-state index contributed by atoms with van der Waals surface area (Å²) < 4.78 is 28.2. The Morgan fingerprint density at radius 3 is 2.22 bits per heavy atom. The van der Waals surface area contributed by atoms with Crippen LogP contribution in [0.15, 0.2) is 48.5 Å². The van der Waals surface area contributed by atoms with Crippen LogP contribution in [0, 0.1) is 0 Å². The minimum Gasteiger partial charge on any atom is -0.364 e. The number of primary amides is 1. The van der Waals surface area contributed by atoms with Gasteiger partial charge in [-0.1, -0.05) is 34.8 Å². The summed E-state index contributed by atoms with van der Waals surface area (Å²) in [7, 11) is -3.41. The Kier molecular flexibility index (Phi) is 10.3. The van der Waals surface area contributed by atoms with Crippen molar-refractivity contribution in [2.24, 2.45) is 5.73 Å². The first-order chi connectivity index (χ1) is 21.4. The quantitative estimate of drug-likeness (QED) is 0.195. The van der Waals surface area contributed by atoms with E-state index in [1.54, 1.807) is 24.3 Å². The van der Waals surface area contributed by atoms with Crippen molar-refractivity contribution in [2.45, 2.75) is 50.5 Å². The number of nitrogens with one attached hydrogen (secondary N) is 2. The maximum absolute atomic E-state index is 15.3. The Hall–Kier alpha value is -2.44. The van der Waals surface area contributed by atoms with Gasteiger partial charge in [-0.2, -0.15) is 0 Å². The molecule has 2 aliphatic heterocycles. The maximum atomic E-state index is 15.3. The van der Waals surface area contributed by atoms with Crippen LogP contribution in [0.5, 0.6) is 0 Å². The second-order valence-electron chi connectivity index (χ2n) is 12.0. The van der Waals surface area contributed by atoms with Gasteiger partial charge in [-0.25, -0.2) is 22.4 Å². The fourth-order valence-electron chi connectivity index (χ4n) is 7.11. The number of quaternary nitrogens is 1. The normalized spacial score (nSPS) is 18.0. The largest absolute Gasteiger partial charge is 0.364 e. The van der Waals surface area contributed by atoms with E-state index in [-0.39, 0.29) is 16.9 Å². The number of rotatable bonds is 10. The highest BCUT2D eigenvalue weighted by Crippen LogP contribution is 2.42. The van der Waals surface area contributed by atoms with Crippen LogP contribution in [-0.4, -0.2) is 73.8 Å². The summed E-state index contributed by atoms with van der Waals surface area (Å²) in [5.41, 5.74) is 8.43. The van der Waals surface area contributed by atoms with Crippen LogP contribution in [0.1, 0.15) is 54.6 Å². The molecule has 0 unspecified atom stereocenters. The zero-order chi connectivity index (χ0) is 32.4. The molecule has 4 N–H and O–H groups in total. The zero-order valence-electron chi connectivity index (χ0n) is 25.3. The summed E-state index contributed by atoms with van der Waals surface area (Å²) in [6.07, 6.45) is 5.41. The highest BCUT2D eigenvalue weighted by atomic mass is 35.5. The van der Waals surface area contributed by atoms with Crippen LogP contribution in [0.2, 0.25) is 15.1 Å². The molecule has 1 aromatic heterocycles. The third-order valence-electron chi connectivity index (χ3n) is 9.26. The molecule has 0 atom stereocenters. The second kappa shape index (κ2) is 13.7. The predicted molar refractivity (Wildman–Crippen MR) is 180 cm³/mol. The molecule has 242 valence electrons. The van der Waals surface area contributed by atoms with Crippen molar-refractivity contribution in [3.05, 3.63) is 74.9 Å². The predicted octanol–water partition coefficient (Wildman–Crippen LogP) is 5.33. The number of amides is 2. The van der Waals surface area contributed by atoms with E-state index >= 15 is 4.79 Å². The molecule has 2 aromatic carbocycles. The molecule has 0 spiro atoms. The van der Waals surface area contributed by atoms with E-state index in [1.165, 1.54) is 0 Å². The number of sulfonamides is 1. The van der Waals surface area contributed by atoms with Crippen molar-refractivity contribution in [1.29, 1.82) is 0 Å². The number of halogens is 3. The molecule has 2 aliphatic rings.